The minimum absolute atomic E-state index is 0.0389. The third-order valence-electron chi connectivity index (χ3n) is 3.17. The van der Waals surface area contributed by atoms with Crippen molar-refractivity contribution in [2.45, 2.75) is 26.3 Å². The third kappa shape index (κ3) is 3.09. The molecule has 1 aliphatic carbocycles. The summed E-state index contributed by atoms with van der Waals surface area (Å²) in [7, 11) is 0. The first kappa shape index (κ1) is 11.7. The van der Waals surface area contributed by atoms with Crippen LogP contribution in [0.1, 0.15) is 25.8 Å². The van der Waals surface area contributed by atoms with Gasteiger partial charge in [-0.15, -0.1) is 0 Å². The van der Waals surface area contributed by atoms with Gasteiger partial charge in [-0.05, 0) is 35.6 Å². The van der Waals surface area contributed by atoms with Crippen LogP contribution in [-0.2, 0) is 4.79 Å². The predicted octanol–water partition coefficient (Wildman–Crippen LogP) is 2.20. The van der Waals surface area contributed by atoms with E-state index in [1.165, 1.54) is 0 Å². The van der Waals surface area contributed by atoms with Gasteiger partial charge in [-0.3, -0.25) is 4.79 Å². The second kappa shape index (κ2) is 4.24. The van der Waals surface area contributed by atoms with Gasteiger partial charge in [0.1, 0.15) is 0 Å². The van der Waals surface area contributed by atoms with Crippen LogP contribution in [0.3, 0.4) is 0 Å². The Labute approximate surface area is 102 Å². The van der Waals surface area contributed by atoms with Gasteiger partial charge in [0.15, 0.2) is 0 Å². The van der Waals surface area contributed by atoms with Crippen LogP contribution in [0.15, 0.2) is 30.3 Å². The molecule has 1 unspecified atom stereocenters. The number of nitrogens with two attached hydrogens (primary N) is 1. The zero-order chi connectivity index (χ0) is 12.5. The molecule has 1 saturated carbocycles. The highest BCUT2D eigenvalue weighted by molar-refractivity contribution is 5.92. The maximum atomic E-state index is 11.6. The summed E-state index contributed by atoms with van der Waals surface area (Å²) in [6, 6.07) is 7.77. The molecular weight excluding hydrogens is 212 g/mol. The molecule has 17 heavy (non-hydrogen) atoms. The van der Waals surface area contributed by atoms with E-state index in [1.54, 1.807) is 12.2 Å². The molecule has 90 valence electrons. The molecule has 0 aromatic heterocycles. The van der Waals surface area contributed by atoms with Gasteiger partial charge in [-0.25, -0.2) is 0 Å². The van der Waals surface area contributed by atoms with Gasteiger partial charge in [-0.1, -0.05) is 26.0 Å². The van der Waals surface area contributed by atoms with E-state index in [1.807, 2.05) is 24.3 Å². The fourth-order valence-electron chi connectivity index (χ4n) is 1.77. The Morgan fingerprint density at radius 1 is 1.53 bits per heavy atom. The first-order chi connectivity index (χ1) is 7.97. The number of nitrogen functional groups attached to an aromatic ring is 1. The average molecular weight is 230 g/mol. The number of nitrogens with one attached hydrogen (secondary N) is 1. The van der Waals surface area contributed by atoms with Crippen LogP contribution in [0, 0.1) is 5.41 Å². The summed E-state index contributed by atoms with van der Waals surface area (Å²) in [4.78, 5) is 11.6. The Kier molecular flexibility index (Phi) is 2.92. The molecule has 0 radical (unpaired) electrons. The third-order valence-corrected chi connectivity index (χ3v) is 3.17. The molecule has 1 fully saturated rings. The Bertz CT molecular complexity index is 463. The Balaban J connectivity index is 1.90. The molecule has 1 atom stereocenters. The van der Waals surface area contributed by atoms with Crippen molar-refractivity contribution in [3.05, 3.63) is 35.9 Å². The second-order valence-corrected chi connectivity index (χ2v) is 5.26. The van der Waals surface area contributed by atoms with Crippen LogP contribution in [0.2, 0.25) is 0 Å². The minimum Gasteiger partial charge on any atom is -0.399 e. The van der Waals surface area contributed by atoms with Crippen LogP contribution in [-0.4, -0.2) is 11.9 Å². The molecule has 0 aliphatic heterocycles. The van der Waals surface area contributed by atoms with Crippen molar-refractivity contribution in [2.24, 2.45) is 5.41 Å². The molecule has 1 aromatic carbocycles. The lowest BCUT2D eigenvalue weighted by Crippen LogP contribution is -2.26. The maximum Gasteiger partial charge on any atom is 0.244 e. The molecule has 1 amide bonds. The number of amides is 1. The van der Waals surface area contributed by atoms with Crippen molar-refractivity contribution in [2.75, 3.05) is 5.73 Å². The highest BCUT2D eigenvalue weighted by Gasteiger charge is 2.46. The number of hydrogen-bond donors (Lipinski definition) is 2. The monoisotopic (exact) mass is 230 g/mol. The lowest BCUT2D eigenvalue weighted by Gasteiger charge is -2.03. The molecule has 3 N–H and O–H groups in total. The smallest absolute Gasteiger partial charge is 0.244 e. The van der Waals surface area contributed by atoms with E-state index in [9.17, 15) is 4.79 Å². The summed E-state index contributed by atoms with van der Waals surface area (Å²) in [6.07, 6.45) is 4.40. The topological polar surface area (TPSA) is 55.1 Å². The molecule has 3 nitrogen and oxygen atoms in total. The van der Waals surface area contributed by atoms with E-state index in [-0.39, 0.29) is 11.3 Å². The SMILES string of the molecule is CC1(C)CC1NC(=O)/C=C/c1cccc(N)c1. The maximum absolute atomic E-state index is 11.6. The van der Waals surface area contributed by atoms with Gasteiger partial charge in [0.2, 0.25) is 5.91 Å². The van der Waals surface area contributed by atoms with E-state index in [0.717, 1.165) is 12.0 Å². The predicted molar refractivity (Wildman–Crippen MR) is 70.2 cm³/mol. The first-order valence-corrected chi connectivity index (χ1v) is 5.81. The molecule has 1 aromatic rings. The zero-order valence-corrected chi connectivity index (χ0v) is 10.2. The van der Waals surface area contributed by atoms with Crippen molar-refractivity contribution in [1.29, 1.82) is 0 Å². The minimum atomic E-state index is -0.0389. The molecular formula is C14H18N2O. The largest absolute Gasteiger partial charge is 0.399 e. The molecule has 1 aliphatic rings. The van der Waals surface area contributed by atoms with E-state index in [4.69, 9.17) is 5.73 Å². The lowest BCUT2D eigenvalue weighted by molar-refractivity contribution is -0.116. The van der Waals surface area contributed by atoms with Gasteiger partial charge >= 0.3 is 0 Å². The van der Waals surface area contributed by atoms with E-state index in [0.29, 0.717) is 11.7 Å². The number of anilines is 1. The lowest BCUT2D eigenvalue weighted by atomic mass is 10.2. The highest BCUT2D eigenvalue weighted by Crippen LogP contribution is 2.44. The fourth-order valence-corrected chi connectivity index (χ4v) is 1.77. The number of carbonyl (C=O) groups excluding carboxylic acids is 1. The van der Waals surface area contributed by atoms with Gasteiger partial charge in [-0.2, -0.15) is 0 Å². The molecule has 0 saturated heterocycles. The van der Waals surface area contributed by atoms with Crippen LogP contribution in [0.4, 0.5) is 5.69 Å². The summed E-state index contributed by atoms with van der Waals surface area (Å²) >= 11 is 0. The van der Waals surface area contributed by atoms with Crippen LogP contribution < -0.4 is 11.1 Å². The van der Waals surface area contributed by atoms with Crippen molar-refractivity contribution < 1.29 is 4.79 Å². The Hall–Kier alpha value is -1.77. The van der Waals surface area contributed by atoms with Gasteiger partial charge in [0, 0.05) is 17.8 Å². The van der Waals surface area contributed by atoms with E-state index < -0.39 is 0 Å². The van der Waals surface area contributed by atoms with Crippen molar-refractivity contribution in [3.8, 4) is 0 Å². The average Bonchev–Trinajstić information content (AvgIpc) is 2.83. The molecule has 0 heterocycles. The fraction of sp³-hybridized carbons (Fsp3) is 0.357. The normalized spacial score (nSPS) is 21.4. The standard InChI is InChI=1S/C14H18N2O/c1-14(2)9-12(14)16-13(17)7-6-10-4-3-5-11(15)8-10/h3-8,12H,9,15H2,1-2H3,(H,16,17)/b7-6+. The summed E-state index contributed by atoms with van der Waals surface area (Å²) in [5.41, 5.74) is 7.57. The molecule has 0 bridgehead atoms. The number of benzene rings is 1. The second-order valence-electron chi connectivity index (χ2n) is 5.26. The summed E-state index contributed by atoms with van der Waals surface area (Å²) in [6.45, 7) is 4.30. The van der Waals surface area contributed by atoms with E-state index >= 15 is 0 Å². The number of rotatable bonds is 3. The first-order valence-electron chi connectivity index (χ1n) is 5.81. The quantitative estimate of drug-likeness (QED) is 0.618. The molecule has 3 heteroatoms. The van der Waals surface area contributed by atoms with Crippen LogP contribution in [0.25, 0.3) is 6.08 Å². The molecule has 0 spiro atoms. The molecule has 2 rings (SSSR count). The number of hydrogen-bond acceptors (Lipinski definition) is 2. The Morgan fingerprint density at radius 2 is 2.24 bits per heavy atom. The highest BCUT2D eigenvalue weighted by atomic mass is 16.1. The summed E-state index contributed by atoms with van der Waals surface area (Å²) in [5, 5.41) is 2.97. The summed E-state index contributed by atoms with van der Waals surface area (Å²) in [5.74, 6) is -0.0389. The van der Waals surface area contributed by atoms with Gasteiger partial charge in [0.05, 0.1) is 0 Å². The van der Waals surface area contributed by atoms with Crippen LogP contribution in [0.5, 0.6) is 0 Å². The van der Waals surface area contributed by atoms with E-state index in [2.05, 4.69) is 19.2 Å². The Morgan fingerprint density at radius 3 is 2.82 bits per heavy atom. The van der Waals surface area contributed by atoms with Crippen molar-refractivity contribution in [1.82, 2.24) is 5.32 Å². The summed E-state index contributed by atoms with van der Waals surface area (Å²) < 4.78 is 0. The zero-order valence-electron chi connectivity index (χ0n) is 10.2. The van der Waals surface area contributed by atoms with Crippen molar-refractivity contribution in [3.63, 3.8) is 0 Å². The van der Waals surface area contributed by atoms with Crippen molar-refractivity contribution >= 4 is 17.7 Å². The van der Waals surface area contributed by atoms with Gasteiger partial charge in [0.25, 0.3) is 0 Å². The van der Waals surface area contributed by atoms with Gasteiger partial charge < -0.3 is 11.1 Å². The number of carbonyl (C=O) groups is 1. The van der Waals surface area contributed by atoms with Crippen LogP contribution >= 0.6 is 0 Å².